The summed E-state index contributed by atoms with van der Waals surface area (Å²) in [7, 11) is 0. The highest BCUT2D eigenvalue weighted by molar-refractivity contribution is 6.31. The maximum Gasteiger partial charge on any atom is 0.234 e. The molecule has 3 aromatic rings. The molecule has 0 aliphatic heterocycles. The van der Waals surface area contributed by atoms with E-state index >= 15 is 0 Å². The van der Waals surface area contributed by atoms with Crippen molar-refractivity contribution in [2.45, 2.75) is 6.92 Å². The first-order chi connectivity index (χ1) is 11.7. The molecule has 0 atom stereocenters. The van der Waals surface area contributed by atoms with Gasteiger partial charge in [0.15, 0.2) is 5.65 Å². The highest BCUT2D eigenvalue weighted by Crippen LogP contribution is 2.36. The fraction of sp³-hybridized carbons (Fsp3) is 0.111. The second-order valence-electron chi connectivity index (χ2n) is 4.89. The highest BCUT2D eigenvalue weighted by atomic mass is 35.5. The third-order valence-electron chi connectivity index (χ3n) is 3.47. The molecule has 2 heterocycles. The Morgan fingerprint density at radius 2 is 1.88 bits per heavy atom. The summed E-state index contributed by atoms with van der Waals surface area (Å²) >= 11 is 6.03. The molecule has 0 aliphatic rings. The van der Waals surface area contributed by atoms with Crippen molar-refractivity contribution in [2.24, 2.45) is 0 Å². The van der Waals surface area contributed by atoms with Gasteiger partial charge in [0.1, 0.15) is 22.9 Å². The second-order valence-corrected chi connectivity index (χ2v) is 5.25. The second kappa shape index (κ2) is 6.54. The van der Waals surface area contributed by atoms with E-state index in [4.69, 9.17) is 16.3 Å². The Bertz CT molecular complexity index is 1000. The van der Waals surface area contributed by atoms with E-state index in [0.29, 0.717) is 28.8 Å². The zero-order valence-electron chi connectivity index (χ0n) is 12.7. The molecule has 0 N–H and O–H groups in total. The molecule has 1 aromatic carbocycles. The Morgan fingerprint density at radius 3 is 2.50 bits per heavy atom. The molecule has 0 fully saturated rings. The largest absolute Gasteiger partial charge is 0.477 e. The maximum atomic E-state index is 9.65. The van der Waals surface area contributed by atoms with Crippen LogP contribution < -0.4 is 4.74 Å². The van der Waals surface area contributed by atoms with Gasteiger partial charge in [-0.1, -0.05) is 41.9 Å². The SMILES string of the molecule is CCOc1nc2nc(Cl)c(C#N)cc2c(-c2ccccc2)c1C#N. The van der Waals surface area contributed by atoms with Crippen LogP contribution >= 0.6 is 11.6 Å². The lowest BCUT2D eigenvalue weighted by atomic mass is 9.97. The van der Waals surface area contributed by atoms with Crippen LogP contribution in [0.1, 0.15) is 18.1 Å². The first-order valence-corrected chi connectivity index (χ1v) is 7.60. The molecule has 2 aromatic heterocycles. The Balaban J connectivity index is 2.48. The minimum Gasteiger partial charge on any atom is -0.477 e. The predicted octanol–water partition coefficient (Wildman–Crippen LogP) is 4.09. The quantitative estimate of drug-likeness (QED) is 0.673. The summed E-state index contributed by atoms with van der Waals surface area (Å²) in [6.45, 7) is 2.18. The van der Waals surface area contributed by atoms with Crippen LogP contribution in [0.15, 0.2) is 36.4 Å². The lowest BCUT2D eigenvalue weighted by molar-refractivity contribution is 0.327. The van der Waals surface area contributed by atoms with E-state index in [1.165, 1.54) is 0 Å². The number of pyridine rings is 2. The molecule has 3 rings (SSSR count). The van der Waals surface area contributed by atoms with E-state index < -0.39 is 0 Å². The molecule has 0 saturated carbocycles. The molecule has 116 valence electrons. The minimum absolute atomic E-state index is 0.0728. The molecule has 0 aliphatic carbocycles. The monoisotopic (exact) mass is 334 g/mol. The zero-order valence-corrected chi connectivity index (χ0v) is 13.5. The van der Waals surface area contributed by atoms with Gasteiger partial charge in [0.25, 0.3) is 0 Å². The van der Waals surface area contributed by atoms with Gasteiger partial charge in [-0.05, 0) is 18.6 Å². The van der Waals surface area contributed by atoms with E-state index in [2.05, 4.69) is 16.0 Å². The summed E-state index contributed by atoms with van der Waals surface area (Å²) in [5.41, 5.74) is 2.32. The van der Waals surface area contributed by atoms with Crippen LogP contribution in [0, 0.1) is 22.7 Å². The van der Waals surface area contributed by atoms with E-state index in [9.17, 15) is 10.5 Å². The summed E-state index contributed by atoms with van der Waals surface area (Å²) in [5, 5.41) is 19.5. The summed E-state index contributed by atoms with van der Waals surface area (Å²) < 4.78 is 5.51. The van der Waals surface area contributed by atoms with Crippen molar-refractivity contribution in [3.05, 3.63) is 52.7 Å². The van der Waals surface area contributed by atoms with Gasteiger partial charge in [0, 0.05) is 10.9 Å². The van der Waals surface area contributed by atoms with Gasteiger partial charge < -0.3 is 4.74 Å². The fourth-order valence-electron chi connectivity index (χ4n) is 2.47. The zero-order chi connectivity index (χ0) is 17.1. The minimum atomic E-state index is 0.0728. The summed E-state index contributed by atoms with van der Waals surface area (Å²) in [6.07, 6.45) is 0. The van der Waals surface area contributed by atoms with Crippen molar-refractivity contribution in [2.75, 3.05) is 6.61 Å². The Morgan fingerprint density at radius 1 is 1.12 bits per heavy atom. The van der Waals surface area contributed by atoms with E-state index in [0.717, 1.165) is 5.56 Å². The molecule has 0 bridgehead atoms. The van der Waals surface area contributed by atoms with Gasteiger partial charge >= 0.3 is 0 Å². The van der Waals surface area contributed by atoms with Gasteiger partial charge in [-0.2, -0.15) is 15.5 Å². The number of hydrogen-bond acceptors (Lipinski definition) is 5. The lowest BCUT2D eigenvalue weighted by Gasteiger charge is -2.13. The fourth-order valence-corrected chi connectivity index (χ4v) is 2.65. The lowest BCUT2D eigenvalue weighted by Crippen LogP contribution is -2.02. The Kier molecular flexibility index (Phi) is 4.29. The maximum absolute atomic E-state index is 9.65. The smallest absolute Gasteiger partial charge is 0.234 e. The van der Waals surface area contributed by atoms with Crippen molar-refractivity contribution in [1.29, 1.82) is 10.5 Å². The molecular weight excluding hydrogens is 324 g/mol. The van der Waals surface area contributed by atoms with Crippen LogP contribution in [0.2, 0.25) is 5.15 Å². The summed E-state index contributed by atoms with van der Waals surface area (Å²) in [4.78, 5) is 8.50. The van der Waals surface area contributed by atoms with Crippen molar-refractivity contribution < 1.29 is 4.74 Å². The van der Waals surface area contributed by atoms with Crippen LogP contribution in [0.4, 0.5) is 0 Å². The van der Waals surface area contributed by atoms with Crippen molar-refractivity contribution in [1.82, 2.24) is 9.97 Å². The molecule has 0 amide bonds. The number of benzene rings is 1. The summed E-state index contributed by atoms with van der Waals surface area (Å²) in [6, 6.07) is 15.2. The number of nitrogens with zero attached hydrogens (tertiary/aromatic N) is 4. The number of nitriles is 2. The van der Waals surface area contributed by atoms with Crippen LogP contribution in [0.3, 0.4) is 0 Å². The number of halogens is 1. The van der Waals surface area contributed by atoms with Crippen LogP contribution in [0.5, 0.6) is 5.88 Å². The molecule has 24 heavy (non-hydrogen) atoms. The number of aromatic nitrogens is 2. The van der Waals surface area contributed by atoms with Crippen LogP contribution in [0.25, 0.3) is 22.2 Å². The topological polar surface area (TPSA) is 82.6 Å². The normalized spacial score (nSPS) is 10.2. The first kappa shape index (κ1) is 15.7. The van der Waals surface area contributed by atoms with Crippen molar-refractivity contribution >= 4 is 22.6 Å². The van der Waals surface area contributed by atoms with Gasteiger partial charge in [0.05, 0.1) is 12.2 Å². The standard InChI is InChI=1S/C18H11ClN4O/c1-2-24-18-14(10-21)15(11-6-4-3-5-7-11)13-8-12(9-20)16(19)22-17(13)23-18/h3-8H,2H2,1H3. The van der Waals surface area contributed by atoms with Gasteiger partial charge in [-0.15, -0.1) is 0 Å². The van der Waals surface area contributed by atoms with E-state index in [1.54, 1.807) is 6.07 Å². The number of ether oxygens (including phenoxy) is 1. The average molecular weight is 335 g/mol. The molecular formula is C18H11ClN4O. The Hall–Kier alpha value is -3.15. The molecule has 0 spiro atoms. The van der Waals surface area contributed by atoms with Crippen LogP contribution in [-0.4, -0.2) is 16.6 Å². The number of fused-ring (bicyclic) bond motifs is 1. The third kappa shape index (κ3) is 2.62. The number of hydrogen-bond donors (Lipinski definition) is 0. The molecule has 0 radical (unpaired) electrons. The average Bonchev–Trinajstić information content (AvgIpc) is 2.61. The van der Waals surface area contributed by atoms with Gasteiger partial charge in [-0.25, -0.2) is 4.98 Å². The third-order valence-corrected chi connectivity index (χ3v) is 3.76. The predicted molar refractivity (Wildman–Crippen MR) is 90.6 cm³/mol. The summed E-state index contributed by atoms with van der Waals surface area (Å²) in [5.74, 6) is 0.208. The number of rotatable bonds is 3. The molecule has 0 unspecified atom stereocenters. The molecule has 6 heteroatoms. The van der Waals surface area contributed by atoms with Gasteiger partial charge in [-0.3, -0.25) is 0 Å². The van der Waals surface area contributed by atoms with Gasteiger partial charge in [0.2, 0.25) is 5.88 Å². The Labute approximate surface area is 143 Å². The highest BCUT2D eigenvalue weighted by Gasteiger charge is 2.20. The van der Waals surface area contributed by atoms with Crippen LogP contribution in [-0.2, 0) is 0 Å². The first-order valence-electron chi connectivity index (χ1n) is 7.22. The van der Waals surface area contributed by atoms with Crippen molar-refractivity contribution in [3.63, 3.8) is 0 Å². The molecule has 0 saturated heterocycles. The van der Waals surface area contributed by atoms with Crippen molar-refractivity contribution in [3.8, 4) is 29.1 Å². The van der Waals surface area contributed by atoms with E-state index in [-0.39, 0.29) is 16.6 Å². The molecule has 5 nitrogen and oxygen atoms in total. The van der Waals surface area contributed by atoms with E-state index in [1.807, 2.05) is 43.3 Å².